The molecule has 0 aliphatic rings. The van der Waals surface area contributed by atoms with Crippen molar-refractivity contribution in [2.45, 2.75) is 39.2 Å². The number of methoxy groups -OCH3 is 2. The van der Waals surface area contributed by atoms with Crippen LogP contribution in [-0.4, -0.2) is 32.7 Å². The number of carbonyl (C=O) groups is 1. The van der Waals surface area contributed by atoms with Crippen molar-refractivity contribution in [2.75, 3.05) is 26.1 Å². The zero-order chi connectivity index (χ0) is 15.7. The lowest BCUT2D eigenvalue weighted by atomic mass is 10.2. The quantitative estimate of drug-likeness (QED) is 0.688. The molecule has 0 heterocycles. The Balaban J connectivity index is 2.60. The van der Waals surface area contributed by atoms with Crippen LogP contribution in [0.1, 0.15) is 33.1 Å². The minimum absolute atomic E-state index is 0.0176. The molecule has 1 amide bonds. The molecule has 5 nitrogen and oxygen atoms in total. The fourth-order valence-electron chi connectivity index (χ4n) is 1.97. The third kappa shape index (κ3) is 5.53. The Bertz CT molecular complexity index is 449. The number of ether oxygens (including phenoxy) is 2. The molecule has 0 aromatic heterocycles. The Labute approximate surface area is 127 Å². The molecule has 0 radical (unpaired) electrons. The van der Waals surface area contributed by atoms with E-state index in [1.807, 2.05) is 25.1 Å². The molecule has 5 heteroatoms. The predicted octanol–water partition coefficient (Wildman–Crippen LogP) is 2.81. The second-order valence-electron chi connectivity index (χ2n) is 4.93. The van der Waals surface area contributed by atoms with Gasteiger partial charge < -0.3 is 20.1 Å². The topological polar surface area (TPSA) is 59.6 Å². The first-order valence-electron chi connectivity index (χ1n) is 7.38. The van der Waals surface area contributed by atoms with Crippen LogP contribution < -0.4 is 20.1 Å². The van der Waals surface area contributed by atoms with E-state index in [0.717, 1.165) is 24.9 Å². The standard InChI is InChI=1S/C16H26N2O3/c1-5-6-7-10-17-16(19)12(2)18-14-11-13(20-3)8-9-15(14)21-4/h8-9,11-12,18H,5-7,10H2,1-4H3,(H,17,19). The second kappa shape index (κ2) is 9.10. The van der Waals surface area contributed by atoms with Crippen molar-refractivity contribution in [3.63, 3.8) is 0 Å². The lowest BCUT2D eigenvalue weighted by Crippen LogP contribution is -2.38. The van der Waals surface area contributed by atoms with E-state index >= 15 is 0 Å². The van der Waals surface area contributed by atoms with Gasteiger partial charge in [-0.25, -0.2) is 0 Å². The average Bonchev–Trinajstić information content (AvgIpc) is 2.51. The number of unbranched alkanes of at least 4 members (excludes halogenated alkanes) is 2. The number of amides is 1. The summed E-state index contributed by atoms with van der Waals surface area (Å²) in [5.41, 5.74) is 0.744. The van der Waals surface area contributed by atoms with Crippen LogP contribution in [0.2, 0.25) is 0 Å². The first-order valence-corrected chi connectivity index (χ1v) is 7.38. The van der Waals surface area contributed by atoms with E-state index < -0.39 is 0 Å². The van der Waals surface area contributed by atoms with E-state index in [1.54, 1.807) is 14.2 Å². The summed E-state index contributed by atoms with van der Waals surface area (Å²) in [4.78, 5) is 12.0. The highest BCUT2D eigenvalue weighted by Gasteiger charge is 2.14. The molecule has 1 aromatic carbocycles. The van der Waals surface area contributed by atoms with Crippen LogP contribution in [0.3, 0.4) is 0 Å². The SMILES string of the molecule is CCCCCNC(=O)C(C)Nc1cc(OC)ccc1OC. The molecule has 0 saturated heterocycles. The summed E-state index contributed by atoms with van der Waals surface area (Å²) < 4.78 is 10.5. The van der Waals surface area contributed by atoms with Gasteiger partial charge in [0, 0.05) is 12.6 Å². The molecule has 0 aliphatic carbocycles. The molecule has 1 rings (SSSR count). The van der Waals surface area contributed by atoms with Gasteiger partial charge >= 0.3 is 0 Å². The summed E-state index contributed by atoms with van der Waals surface area (Å²) in [6.07, 6.45) is 3.29. The van der Waals surface area contributed by atoms with Crippen molar-refractivity contribution in [1.82, 2.24) is 5.32 Å². The molecular formula is C16H26N2O3. The van der Waals surface area contributed by atoms with Gasteiger partial charge in [0.25, 0.3) is 0 Å². The zero-order valence-electron chi connectivity index (χ0n) is 13.4. The average molecular weight is 294 g/mol. The Morgan fingerprint density at radius 3 is 2.62 bits per heavy atom. The molecule has 0 fully saturated rings. The normalized spacial score (nSPS) is 11.6. The zero-order valence-corrected chi connectivity index (χ0v) is 13.4. The largest absolute Gasteiger partial charge is 0.497 e. The highest BCUT2D eigenvalue weighted by atomic mass is 16.5. The van der Waals surface area contributed by atoms with E-state index in [1.165, 1.54) is 0 Å². The molecule has 0 spiro atoms. The van der Waals surface area contributed by atoms with Gasteiger partial charge in [0.05, 0.1) is 19.9 Å². The van der Waals surface area contributed by atoms with Crippen molar-refractivity contribution in [2.24, 2.45) is 0 Å². The minimum Gasteiger partial charge on any atom is -0.497 e. The van der Waals surface area contributed by atoms with Crippen molar-refractivity contribution in [3.05, 3.63) is 18.2 Å². The molecule has 1 atom stereocenters. The van der Waals surface area contributed by atoms with Gasteiger partial charge in [-0.1, -0.05) is 19.8 Å². The monoisotopic (exact) mass is 294 g/mol. The summed E-state index contributed by atoms with van der Waals surface area (Å²) in [7, 11) is 3.21. The number of nitrogens with one attached hydrogen (secondary N) is 2. The first-order chi connectivity index (χ1) is 10.1. The number of benzene rings is 1. The van der Waals surface area contributed by atoms with Crippen LogP contribution in [0.25, 0.3) is 0 Å². The van der Waals surface area contributed by atoms with E-state index in [0.29, 0.717) is 18.0 Å². The van der Waals surface area contributed by atoms with Crippen LogP contribution in [0.15, 0.2) is 18.2 Å². The van der Waals surface area contributed by atoms with Crippen molar-refractivity contribution in [3.8, 4) is 11.5 Å². The maximum Gasteiger partial charge on any atom is 0.242 e. The Morgan fingerprint density at radius 2 is 2.00 bits per heavy atom. The van der Waals surface area contributed by atoms with E-state index in [2.05, 4.69) is 17.6 Å². The summed E-state index contributed by atoms with van der Waals surface area (Å²) in [6, 6.07) is 5.11. The first kappa shape index (κ1) is 17.1. The summed E-state index contributed by atoms with van der Waals surface area (Å²) in [5, 5.41) is 6.09. The fourth-order valence-corrected chi connectivity index (χ4v) is 1.97. The molecular weight excluding hydrogens is 268 g/mol. The van der Waals surface area contributed by atoms with Gasteiger partial charge in [-0.3, -0.25) is 4.79 Å². The van der Waals surface area contributed by atoms with Crippen LogP contribution in [0.5, 0.6) is 11.5 Å². The number of carbonyl (C=O) groups excluding carboxylic acids is 1. The van der Waals surface area contributed by atoms with E-state index in [-0.39, 0.29) is 11.9 Å². The Morgan fingerprint density at radius 1 is 1.24 bits per heavy atom. The van der Waals surface area contributed by atoms with Gasteiger partial charge in [-0.15, -0.1) is 0 Å². The van der Waals surface area contributed by atoms with Crippen LogP contribution in [-0.2, 0) is 4.79 Å². The van der Waals surface area contributed by atoms with Gasteiger partial charge in [0.2, 0.25) is 5.91 Å². The Kier molecular flexibility index (Phi) is 7.43. The summed E-state index contributed by atoms with van der Waals surface area (Å²) in [6.45, 7) is 4.68. The molecule has 118 valence electrons. The van der Waals surface area contributed by atoms with Crippen LogP contribution in [0.4, 0.5) is 5.69 Å². The number of hydrogen-bond acceptors (Lipinski definition) is 4. The van der Waals surface area contributed by atoms with Gasteiger partial charge in [-0.05, 0) is 25.5 Å². The maximum absolute atomic E-state index is 12.0. The third-order valence-electron chi connectivity index (χ3n) is 3.25. The van der Waals surface area contributed by atoms with Crippen molar-refractivity contribution in [1.29, 1.82) is 0 Å². The highest BCUT2D eigenvalue weighted by Crippen LogP contribution is 2.29. The fraction of sp³-hybridized carbons (Fsp3) is 0.562. The smallest absolute Gasteiger partial charge is 0.242 e. The van der Waals surface area contributed by atoms with Crippen molar-refractivity contribution < 1.29 is 14.3 Å². The van der Waals surface area contributed by atoms with Gasteiger partial charge in [0.1, 0.15) is 17.5 Å². The number of hydrogen-bond donors (Lipinski definition) is 2. The van der Waals surface area contributed by atoms with Crippen LogP contribution >= 0.6 is 0 Å². The molecule has 1 aromatic rings. The molecule has 1 unspecified atom stereocenters. The predicted molar refractivity (Wildman–Crippen MR) is 85.2 cm³/mol. The molecule has 21 heavy (non-hydrogen) atoms. The molecule has 0 aliphatic heterocycles. The van der Waals surface area contributed by atoms with Gasteiger partial charge in [-0.2, -0.15) is 0 Å². The number of rotatable bonds is 9. The van der Waals surface area contributed by atoms with E-state index in [4.69, 9.17) is 9.47 Å². The maximum atomic E-state index is 12.0. The van der Waals surface area contributed by atoms with Crippen molar-refractivity contribution >= 4 is 11.6 Å². The highest BCUT2D eigenvalue weighted by molar-refractivity contribution is 5.84. The third-order valence-corrected chi connectivity index (χ3v) is 3.25. The molecule has 0 saturated carbocycles. The Hall–Kier alpha value is -1.91. The summed E-state index contributed by atoms with van der Waals surface area (Å²) >= 11 is 0. The van der Waals surface area contributed by atoms with E-state index in [9.17, 15) is 4.79 Å². The summed E-state index contributed by atoms with van der Waals surface area (Å²) in [5.74, 6) is 1.38. The lowest BCUT2D eigenvalue weighted by molar-refractivity contribution is -0.121. The van der Waals surface area contributed by atoms with Crippen LogP contribution in [0, 0.1) is 0 Å². The molecule has 0 bridgehead atoms. The minimum atomic E-state index is -0.340. The molecule has 2 N–H and O–H groups in total. The second-order valence-corrected chi connectivity index (χ2v) is 4.93. The number of anilines is 1. The van der Waals surface area contributed by atoms with Gasteiger partial charge in [0.15, 0.2) is 0 Å². The lowest BCUT2D eigenvalue weighted by Gasteiger charge is -2.18.